The van der Waals surface area contributed by atoms with E-state index in [1.807, 2.05) is 0 Å². The van der Waals surface area contributed by atoms with Crippen LogP contribution in [0.25, 0.3) is 16.5 Å². The minimum Gasteiger partial charge on any atom is -0.377 e. The minimum absolute atomic E-state index is 0.730. The van der Waals surface area contributed by atoms with Crippen molar-refractivity contribution in [3.05, 3.63) is 41.1 Å². The molecule has 0 fully saturated rings. The number of fused-ring (bicyclic) bond motifs is 3. The normalized spacial score (nSPS) is 18.9. The summed E-state index contributed by atoms with van der Waals surface area (Å²) in [6.07, 6.45) is 3.19. The number of hydrogen-bond donors (Lipinski definition) is 0. The van der Waals surface area contributed by atoms with E-state index in [0.717, 1.165) is 19.6 Å². The van der Waals surface area contributed by atoms with E-state index in [1.54, 1.807) is 0 Å². The van der Waals surface area contributed by atoms with Crippen molar-refractivity contribution in [1.29, 1.82) is 0 Å². The van der Waals surface area contributed by atoms with Gasteiger partial charge in [0, 0.05) is 35.6 Å². The predicted octanol–water partition coefficient (Wildman–Crippen LogP) is 3.46. The van der Waals surface area contributed by atoms with Crippen molar-refractivity contribution in [1.82, 2.24) is 4.57 Å². The monoisotopic (exact) mass is 241 g/mol. The maximum absolute atomic E-state index is 5.59. The molecule has 1 aromatic carbocycles. The molecule has 0 saturated heterocycles. The zero-order valence-electron chi connectivity index (χ0n) is 11.3. The first-order chi connectivity index (χ1) is 8.68. The van der Waals surface area contributed by atoms with Gasteiger partial charge in [-0.25, -0.2) is 0 Å². The molecule has 0 saturated carbocycles. The molecular weight excluding hydrogens is 222 g/mol. The molecule has 0 amide bonds. The third-order valence-corrected chi connectivity index (χ3v) is 3.86. The Morgan fingerprint density at radius 3 is 2.89 bits per heavy atom. The molecule has 2 nitrogen and oxygen atoms in total. The van der Waals surface area contributed by atoms with Gasteiger partial charge < -0.3 is 9.30 Å². The fourth-order valence-corrected chi connectivity index (χ4v) is 2.88. The summed E-state index contributed by atoms with van der Waals surface area (Å²) < 4.78 is 7.90. The first kappa shape index (κ1) is 11.5. The third kappa shape index (κ3) is 1.68. The lowest BCUT2D eigenvalue weighted by atomic mass is 10.00. The number of ether oxygens (including phenoxy) is 1. The lowest BCUT2D eigenvalue weighted by molar-refractivity contribution is 0.164. The van der Waals surface area contributed by atoms with Gasteiger partial charge in [-0.2, -0.15) is 0 Å². The van der Waals surface area contributed by atoms with Gasteiger partial charge in [0.25, 0.3) is 0 Å². The van der Waals surface area contributed by atoms with Crippen LogP contribution in [0.2, 0.25) is 0 Å². The number of allylic oxidation sites excluding steroid dienone is 1. The Morgan fingerprint density at radius 1 is 1.22 bits per heavy atom. The number of hydrogen-bond acceptors (Lipinski definition) is 1. The molecule has 2 heteroatoms. The number of aromatic nitrogens is 1. The molecule has 18 heavy (non-hydrogen) atoms. The third-order valence-electron chi connectivity index (χ3n) is 3.86. The molecule has 0 atom stereocenters. The molecule has 0 radical (unpaired) electrons. The number of benzene rings is 1. The van der Waals surface area contributed by atoms with Gasteiger partial charge in [0.2, 0.25) is 0 Å². The Balaban J connectivity index is 2.38. The molecule has 0 bridgehead atoms. The van der Waals surface area contributed by atoms with Crippen LogP contribution in [-0.4, -0.2) is 17.8 Å². The maximum atomic E-state index is 5.59. The topological polar surface area (TPSA) is 14.2 Å². The van der Waals surface area contributed by atoms with E-state index in [2.05, 4.69) is 49.7 Å². The highest BCUT2D eigenvalue weighted by Gasteiger charge is 2.17. The summed E-state index contributed by atoms with van der Waals surface area (Å²) in [6, 6.07) is 6.71. The molecule has 1 aliphatic heterocycles. The second-order valence-electron chi connectivity index (χ2n) is 5.11. The van der Waals surface area contributed by atoms with Gasteiger partial charge in [-0.05, 0) is 31.6 Å². The van der Waals surface area contributed by atoms with Crippen LogP contribution in [0.3, 0.4) is 0 Å². The lowest BCUT2D eigenvalue weighted by Gasteiger charge is -2.12. The van der Waals surface area contributed by atoms with Gasteiger partial charge in [0.05, 0.1) is 13.2 Å². The van der Waals surface area contributed by atoms with Crippen LogP contribution in [0.4, 0.5) is 0 Å². The molecule has 1 aliphatic rings. The highest BCUT2D eigenvalue weighted by atomic mass is 16.5. The Kier molecular flexibility index (Phi) is 2.75. The molecule has 0 aliphatic carbocycles. The van der Waals surface area contributed by atoms with Gasteiger partial charge in [-0.1, -0.05) is 17.7 Å². The zero-order valence-corrected chi connectivity index (χ0v) is 11.3. The van der Waals surface area contributed by atoms with Crippen LogP contribution < -0.4 is 0 Å². The predicted molar refractivity (Wildman–Crippen MR) is 75.8 cm³/mol. The number of rotatable bonds is 0. The van der Waals surface area contributed by atoms with Crippen molar-refractivity contribution in [2.24, 2.45) is 7.05 Å². The van der Waals surface area contributed by atoms with E-state index in [9.17, 15) is 0 Å². The molecule has 2 aromatic rings. The Morgan fingerprint density at radius 2 is 2.06 bits per heavy atom. The molecule has 0 spiro atoms. The number of aryl methyl sites for hydroxylation is 2. The summed E-state index contributed by atoms with van der Waals surface area (Å²) >= 11 is 0. The summed E-state index contributed by atoms with van der Waals surface area (Å²) in [7, 11) is 2.16. The van der Waals surface area contributed by atoms with Crippen molar-refractivity contribution in [2.75, 3.05) is 13.2 Å². The van der Waals surface area contributed by atoms with Crippen LogP contribution in [0.1, 0.15) is 23.7 Å². The van der Waals surface area contributed by atoms with Gasteiger partial charge in [0.15, 0.2) is 0 Å². The average Bonchev–Trinajstić information content (AvgIpc) is 2.58. The van der Waals surface area contributed by atoms with Gasteiger partial charge >= 0.3 is 0 Å². The summed E-state index contributed by atoms with van der Waals surface area (Å²) in [5, 5.41) is 1.38. The lowest BCUT2D eigenvalue weighted by Crippen LogP contribution is -2.07. The van der Waals surface area contributed by atoms with E-state index in [-0.39, 0.29) is 0 Å². The van der Waals surface area contributed by atoms with Crippen molar-refractivity contribution in [2.45, 2.75) is 20.3 Å². The van der Waals surface area contributed by atoms with Crippen LogP contribution >= 0.6 is 0 Å². The van der Waals surface area contributed by atoms with Gasteiger partial charge in [0.1, 0.15) is 0 Å². The molecule has 3 rings (SSSR count). The van der Waals surface area contributed by atoms with Gasteiger partial charge in [-0.3, -0.25) is 0 Å². The van der Waals surface area contributed by atoms with Crippen LogP contribution in [0.15, 0.2) is 24.3 Å². The maximum Gasteiger partial charge on any atom is 0.0653 e. The molecule has 94 valence electrons. The first-order valence-corrected chi connectivity index (χ1v) is 6.51. The van der Waals surface area contributed by atoms with E-state index >= 15 is 0 Å². The smallest absolute Gasteiger partial charge is 0.0653 e. The average molecular weight is 241 g/mol. The SMILES string of the molecule is C/C1=C/COCCc2c1c1cc(C)ccc1n2C. The molecule has 2 heterocycles. The van der Waals surface area contributed by atoms with E-state index in [0.29, 0.717) is 0 Å². The fraction of sp³-hybridized carbons (Fsp3) is 0.375. The Hall–Kier alpha value is -1.54. The van der Waals surface area contributed by atoms with Crippen LogP contribution in [0.5, 0.6) is 0 Å². The standard InChI is InChI=1S/C16H19NO/c1-11-4-5-14-13(10-11)16-12(2)6-8-18-9-7-15(16)17(14)3/h4-6,10H,7-9H2,1-3H3/b12-6-. The zero-order chi connectivity index (χ0) is 12.7. The first-order valence-electron chi connectivity index (χ1n) is 6.51. The summed E-state index contributed by atoms with van der Waals surface area (Å²) in [4.78, 5) is 0. The quantitative estimate of drug-likeness (QED) is 0.689. The Bertz CT molecular complexity index is 634. The fourth-order valence-electron chi connectivity index (χ4n) is 2.88. The van der Waals surface area contributed by atoms with Gasteiger partial charge in [-0.15, -0.1) is 0 Å². The molecule has 0 unspecified atom stereocenters. The van der Waals surface area contributed by atoms with Crippen molar-refractivity contribution in [3.63, 3.8) is 0 Å². The van der Waals surface area contributed by atoms with Crippen molar-refractivity contribution >= 4 is 16.5 Å². The highest BCUT2D eigenvalue weighted by Crippen LogP contribution is 2.32. The second kappa shape index (κ2) is 4.29. The minimum atomic E-state index is 0.730. The number of nitrogens with zero attached hydrogens (tertiary/aromatic N) is 1. The van der Waals surface area contributed by atoms with E-state index < -0.39 is 0 Å². The summed E-state index contributed by atoms with van der Waals surface area (Å²) in [6.45, 7) is 5.88. The molecule has 1 aromatic heterocycles. The molecule has 0 N–H and O–H groups in total. The second-order valence-corrected chi connectivity index (χ2v) is 5.11. The molecular formula is C16H19NO. The van der Waals surface area contributed by atoms with Crippen molar-refractivity contribution in [3.8, 4) is 0 Å². The summed E-state index contributed by atoms with van der Waals surface area (Å²) in [5.74, 6) is 0. The Labute approximate surface area is 108 Å². The van der Waals surface area contributed by atoms with Crippen LogP contribution in [-0.2, 0) is 18.2 Å². The highest BCUT2D eigenvalue weighted by molar-refractivity contribution is 5.95. The van der Waals surface area contributed by atoms with E-state index in [4.69, 9.17) is 4.74 Å². The van der Waals surface area contributed by atoms with E-state index in [1.165, 1.54) is 33.3 Å². The van der Waals surface area contributed by atoms with Crippen LogP contribution in [0, 0.1) is 6.92 Å². The summed E-state index contributed by atoms with van der Waals surface area (Å²) in [5.41, 5.74) is 6.78. The van der Waals surface area contributed by atoms with Crippen molar-refractivity contribution < 1.29 is 4.74 Å². The largest absolute Gasteiger partial charge is 0.377 e.